The first-order chi connectivity index (χ1) is 33.3. The van der Waals surface area contributed by atoms with Crippen molar-refractivity contribution in [3.05, 3.63) is 154 Å². The number of carboxylic acid groups (broad SMARTS) is 1. The number of carbonyl (C=O) groups excluding carboxylic acids is 3. The maximum Gasteiger partial charge on any atom is 0.573 e. The summed E-state index contributed by atoms with van der Waals surface area (Å²) in [4.78, 5) is 68.1. The van der Waals surface area contributed by atoms with Crippen LogP contribution in [0, 0.1) is 5.41 Å². The van der Waals surface area contributed by atoms with Gasteiger partial charge in [-0.2, -0.15) is 0 Å². The van der Waals surface area contributed by atoms with Crippen LogP contribution < -0.4 is 35.1 Å². The van der Waals surface area contributed by atoms with E-state index >= 15 is 0 Å². The number of nitrogens with one attached hydrogen (secondary N) is 1. The highest BCUT2D eigenvalue weighted by molar-refractivity contribution is 6.35. The number of aliphatic carboxylic acids is 1. The molecule has 3 fully saturated rings. The van der Waals surface area contributed by atoms with Crippen LogP contribution >= 0.6 is 23.2 Å². The first-order valence-electron chi connectivity index (χ1n) is 22.0. The van der Waals surface area contributed by atoms with E-state index in [0.29, 0.717) is 54.5 Å². The van der Waals surface area contributed by atoms with Crippen molar-refractivity contribution in [1.82, 2.24) is 20.1 Å². The minimum absolute atomic E-state index is 0.140. The molecule has 2 aliphatic carbocycles. The molecule has 4 aromatic carbocycles. The highest BCUT2D eigenvalue weighted by Gasteiger charge is 2.73. The van der Waals surface area contributed by atoms with E-state index in [4.69, 9.17) is 43.4 Å². The van der Waals surface area contributed by atoms with Gasteiger partial charge in [0.25, 0.3) is 5.91 Å². The number of hydrogen-bond acceptors (Lipinski definition) is 11. The average Bonchev–Trinajstić information content (AvgIpc) is 4.22. The number of anilines is 2. The molecule has 2 saturated carbocycles. The number of nitrogens with zero attached hydrogens (tertiary/aromatic N) is 5. The van der Waals surface area contributed by atoms with Crippen LogP contribution in [0.2, 0.25) is 10.0 Å². The summed E-state index contributed by atoms with van der Waals surface area (Å²) < 4.78 is 53.8. The number of benzene rings is 4. The number of hydrogen-bond donors (Lipinski definition) is 3. The van der Waals surface area contributed by atoms with Crippen molar-refractivity contribution in [2.75, 3.05) is 24.0 Å². The van der Waals surface area contributed by atoms with Crippen LogP contribution in [-0.2, 0) is 44.2 Å². The molecule has 3 amide bonds. The average molecular weight is 1000 g/mol. The Bertz CT molecular complexity index is 2840. The smallest absolute Gasteiger partial charge is 0.497 e. The Morgan fingerprint density at radius 1 is 0.857 bits per heavy atom. The van der Waals surface area contributed by atoms with E-state index in [1.54, 1.807) is 14.2 Å². The van der Waals surface area contributed by atoms with Crippen LogP contribution in [0.25, 0.3) is 0 Å². The van der Waals surface area contributed by atoms with E-state index < -0.39 is 64.6 Å². The highest BCUT2D eigenvalue weighted by Crippen LogP contribution is 2.57. The number of primary amides is 1. The topological polar surface area (TPSA) is 180 Å². The number of nitrogens with two attached hydrogens (primary N) is 1. The molecule has 0 spiro atoms. The third-order valence-electron chi connectivity index (χ3n) is 13.4. The van der Waals surface area contributed by atoms with Gasteiger partial charge in [-0.1, -0.05) is 65.7 Å². The molecule has 4 atom stereocenters. The van der Waals surface area contributed by atoms with Crippen molar-refractivity contribution < 1.29 is 51.7 Å². The molecule has 9 rings (SSSR count). The summed E-state index contributed by atoms with van der Waals surface area (Å²) in [6.45, 7) is 2.45. The van der Waals surface area contributed by atoms with Gasteiger partial charge in [0.05, 0.1) is 37.2 Å². The molecule has 3 unspecified atom stereocenters. The molecule has 4 aliphatic rings. The predicted octanol–water partition coefficient (Wildman–Crippen LogP) is 7.74. The molecular formula is C50H46Cl2F3N7O8. The van der Waals surface area contributed by atoms with Crippen LogP contribution in [0.3, 0.4) is 0 Å². The van der Waals surface area contributed by atoms with E-state index in [2.05, 4.69) is 15.0 Å². The molecule has 364 valence electrons. The first-order valence-corrected chi connectivity index (χ1v) is 22.8. The summed E-state index contributed by atoms with van der Waals surface area (Å²) in [6.07, 6.45) is -4.32. The molecule has 2 aliphatic heterocycles. The van der Waals surface area contributed by atoms with Crippen molar-refractivity contribution >= 4 is 58.4 Å². The van der Waals surface area contributed by atoms with Crippen LogP contribution in [0.15, 0.2) is 121 Å². The SMILES string of the molecule is COc1ccc(CN(Cc2ccc(OC)cc2)c2cccc(C3(NC(=O)C4(C(N)=O)CC4N4C=C(C(=O)O)N5C4N(c4cc(Cl)cc(Cl)c4)C(=O)[C@@]5(C)Cc4ccc(OC(F)(F)F)cc4)CC3)n2)cc1. The summed E-state index contributed by atoms with van der Waals surface area (Å²) in [5.74, 6) is -2.16. The maximum atomic E-state index is 15.0. The lowest BCUT2D eigenvalue weighted by molar-refractivity contribution is -0.274. The molecule has 15 nitrogen and oxygen atoms in total. The summed E-state index contributed by atoms with van der Waals surface area (Å²) >= 11 is 12.9. The monoisotopic (exact) mass is 999 g/mol. The zero-order valence-corrected chi connectivity index (χ0v) is 39.4. The largest absolute Gasteiger partial charge is 0.573 e. The molecule has 1 aromatic heterocycles. The van der Waals surface area contributed by atoms with Gasteiger partial charge < -0.3 is 45.1 Å². The lowest BCUT2D eigenvalue weighted by Gasteiger charge is -2.37. The normalized spacial score (nSPS) is 22.0. The Labute approximate surface area is 410 Å². The molecule has 3 heterocycles. The van der Waals surface area contributed by atoms with Gasteiger partial charge in [0.15, 0.2) is 6.29 Å². The van der Waals surface area contributed by atoms with Gasteiger partial charge in [0.2, 0.25) is 11.8 Å². The van der Waals surface area contributed by atoms with Crippen molar-refractivity contribution in [2.45, 2.75) is 75.5 Å². The number of alkyl halides is 3. The second kappa shape index (κ2) is 18.0. The molecule has 20 heteroatoms. The number of methoxy groups -OCH3 is 2. The zero-order valence-electron chi connectivity index (χ0n) is 37.9. The number of carboxylic acids is 1. The molecule has 0 radical (unpaired) electrons. The van der Waals surface area contributed by atoms with Gasteiger partial charge in [-0.15, -0.1) is 13.2 Å². The first kappa shape index (κ1) is 47.9. The summed E-state index contributed by atoms with van der Waals surface area (Å²) in [7, 11) is 3.20. The number of ether oxygens (including phenoxy) is 3. The second-order valence-electron chi connectivity index (χ2n) is 18.0. The van der Waals surface area contributed by atoms with E-state index in [0.717, 1.165) is 23.3 Å². The number of pyridine rings is 1. The van der Waals surface area contributed by atoms with Crippen LogP contribution in [0.4, 0.5) is 24.7 Å². The van der Waals surface area contributed by atoms with E-state index in [1.165, 1.54) is 58.2 Å². The summed E-state index contributed by atoms with van der Waals surface area (Å²) in [5, 5.41) is 14.2. The molecule has 0 bridgehead atoms. The van der Waals surface area contributed by atoms with Gasteiger partial charge in [0.1, 0.15) is 39.7 Å². The molecule has 5 aromatic rings. The van der Waals surface area contributed by atoms with Gasteiger partial charge in [-0.3, -0.25) is 19.3 Å². The molecule has 1 saturated heterocycles. The number of fused-ring (bicyclic) bond motifs is 1. The van der Waals surface area contributed by atoms with Crippen LogP contribution in [-0.4, -0.2) is 82.0 Å². The maximum absolute atomic E-state index is 15.0. The van der Waals surface area contributed by atoms with Crippen LogP contribution in [0.5, 0.6) is 17.2 Å². The standard InChI is InChI=1S/C50H46Cl2F3N7O8/c1-47(24-29-7-17-37(18-8-29)70-50(53,54)55)45(67)61(34-22-32(51)21-33(52)23-34)46-60(28-38(42(63)64)62(46)47)40-25-49(40,43(56)65)44(66)58-48(19-20-48)39-5-4-6-41(57-39)59(26-30-9-13-35(68-2)14-10-30)27-31-11-15-36(69-3)16-12-31/h4-18,21-23,28,40,46H,19-20,24-27H2,1-3H3,(H2,56,65)(H,58,66)(H,63,64)/t40?,46?,47-,49?/m1/s1. The second-order valence-corrected chi connectivity index (χ2v) is 18.8. The van der Waals surface area contributed by atoms with Crippen molar-refractivity contribution in [2.24, 2.45) is 11.1 Å². The van der Waals surface area contributed by atoms with E-state index in [1.807, 2.05) is 66.7 Å². The van der Waals surface area contributed by atoms with E-state index in [9.17, 15) is 37.5 Å². The Hall–Kier alpha value is -7.18. The van der Waals surface area contributed by atoms with Crippen molar-refractivity contribution in [3.63, 3.8) is 0 Å². The van der Waals surface area contributed by atoms with Crippen LogP contribution in [0.1, 0.15) is 48.6 Å². The number of amides is 3. The van der Waals surface area contributed by atoms with E-state index in [-0.39, 0.29) is 34.3 Å². The Kier molecular flexibility index (Phi) is 12.3. The Morgan fingerprint density at radius 3 is 1.93 bits per heavy atom. The lowest BCUT2D eigenvalue weighted by atomic mass is 9.90. The molecule has 70 heavy (non-hydrogen) atoms. The lowest BCUT2D eigenvalue weighted by Crippen LogP contribution is -2.53. The Morgan fingerprint density at radius 2 is 1.41 bits per heavy atom. The zero-order chi connectivity index (χ0) is 49.9. The third kappa shape index (κ3) is 8.96. The van der Waals surface area contributed by atoms with Gasteiger partial charge in [-0.25, -0.2) is 9.78 Å². The number of rotatable bonds is 17. The summed E-state index contributed by atoms with van der Waals surface area (Å²) in [5.41, 5.74) is 4.30. The summed E-state index contributed by atoms with van der Waals surface area (Å²) in [6, 6.07) is 29.1. The van der Waals surface area contributed by atoms with Gasteiger partial charge in [-0.05, 0) is 110 Å². The van der Waals surface area contributed by atoms with Crippen molar-refractivity contribution in [1.29, 1.82) is 0 Å². The number of carbonyl (C=O) groups is 4. The van der Waals surface area contributed by atoms with Crippen molar-refractivity contribution in [3.8, 4) is 17.2 Å². The highest BCUT2D eigenvalue weighted by atomic mass is 35.5. The predicted molar refractivity (Wildman–Crippen MR) is 252 cm³/mol. The minimum atomic E-state index is -4.94. The third-order valence-corrected chi connectivity index (χ3v) is 13.8. The number of aromatic nitrogens is 1. The van der Waals surface area contributed by atoms with Gasteiger partial charge >= 0.3 is 12.3 Å². The fraction of sp³-hybridized carbons (Fsp3) is 0.300. The minimum Gasteiger partial charge on any atom is -0.497 e. The quantitative estimate of drug-likeness (QED) is 0.0773. The fourth-order valence-electron chi connectivity index (χ4n) is 9.58. The number of halogens is 5. The molecule has 4 N–H and O–H groups in total. The Balaban J connectivity index is 1.02. The molecular weight excluding hydrogens is 954 g/mol. The fourth-order valence-corrected chi connectivity index (χ4v) is 10.1. The van der Waals surface area contributed by atoms with Gasteiger partial charge in [0, 0.05) is 35.8 Å².